The van der Waals surface area contributed by atoms with Gasteiger partial charge in [0.05, 0.1) is 13.2 Å². The maximum atomic E-state index is 10.5. The van der Waals surface area contributed by atoms with Crippen LogP contribution < -0.4 is 5.73 Å². The first kappa shape index (κ1) is 30.6. The lowest BCUT2D eigenvalue weighted by molar-refractivity contribution is -0.118. The molecule has 3 nitrogen and oxygen atoms in total. The van der Waals surface area contributed by atoms with E-state index in [-0.39, 0.29) is 5.91 Å². The van der Waals surface area contributed by atoms with Gasteiger partial charge in [0.15, 0.2) is 0 Å². The van der Waals surface area contributed by atoms with Crippen LogP contribution in [0.1, 0.15) is 108 Å². The van der Waals surface area contributed by atoms with Gasteiger partial charge >= 0.3 is 0 Å². The van der Waals surface area contributed by atoms with Gasteiger partial charge in [-0.1, -0.05) is 131 Å². The fraction of sp³-hybridized carbons (Fsp3) is 0.531. The summed E-state index contributed by atoms with van der Waals surface area (Å²) in [6.45, 7) is 3.62. The number of carbonyl (C=O) groups excluding carboxylic acids is 1. The van der Waals surface area contributed by atoms with Gasteiger partial charge in [-0.3, -0.25) is 4.79 Å². The number of hydrogen-bond donors (Lipinski definition) is 1. The third kappa shape index (κ3) is 20.7. The molecule has 2 rings (SSSR count). The SMILES string of the molecule is CCCCCCCC/C=C\CCCCCCCC(N)=O.c1ccc(COCc2ccccc2)cc1. The first-order valence-electron chi connectivity index (χ1n) is 13.8. The third-order valence-electron chi connectivity index (χ3n) is 5.91. The van der Waals surface area contributed by atoms with Crippen LogP contribution in [-0.2, 0) is 22.7 Å². The van der Waals surface area contributed by atoms with E-state index in [0.717, 1.165) is 12.8 Å². The summed E-state index contributed by atoms with van der Waals surface area (Å²) in [6.07, 6.45) is 21.9. The lowest BCUT2D eigenvalue weighted by atomic mass is 10.1. The van der Waals surface area contributed by atoms with Gasteiger partial charge in [-0.25, -0.2) is 0 Å². The predicted octanol–water partition coefficient (Wildman–Crippen LogP) is 8.91. The van der Waals surface area contributed by atoms with Gasteiger partial charge in [0.2, 0.25) is 5.91 Å². The van der Waals surface area contributed by atoms with Crippen LogP contribution in [0.15, 0.2) is 72.8 Å². The Morgan fingerprint density at radius 3 is 1.54 bits per heavy atom. The number of hydrogen-bond acceptors (Lipinski definition) is 2. The van der Waals surface area contributed by atoms with E-state index in [4.69, 9.17) is 10.5 Å². The van der Waals surface area contributed by atoms with Crippen molar-refractivity contribution in [2.75, 3.05) is 0 Å². The molecule has 35 heavy (non-hydrogen) atoms. The summed E-state index contributed by atoms with van der Waals surface area (Å²) in [4.78, 5) is 10.5. The van der Waals surface area contributed by atoms with Crippen molar-refractivity contribution in [3.63, 3.8) is 0 Å². The number of carbonyl (C=O) groups is 1. The van der Waals surface area contributed by atoms with Crippen molar-refractivity contribution in [3.8, 4) is 0 Å². The zero-order valence-corrected chi connectivity index (χ0v) is 22.1. The molecule has 0 radical (unpaired) electrons. The van der Waals surface area contributed by atoms with E-state index in [1.165, 1.54) is 81.8 Å². The van der Waals surface area contributed by atoms with Gasteiger partial charge in [-0.15, -0.1) is 0 Å². The number of allylic oxidation sites excluding steroid dienone is 2. The lowest BCUT2D eigenvalue weighted by Gasteiger charge is -2.03. The molecule has 0 bridgehead atoms. The first-order chi connectivity index (χ1) is 17.2. The number of unbranched alkanes of at least 4 members (excludes halogenated alkanes) is 11. The molecule has 2 aromatic carbocycles. The second kappa shape index (κ2) is 23.4. The molecule has 0 atom stereocenters. The first-order valence-corrected chi connectivity index (χ1v) is 13.8. The number of amides is 1. The maximum absolute atomic E-state index is 10.5. The largest absolute Gasteiger partial charge is 0.372 e. The van der Waals surface area contributed by atoms with E-state index >= 15 is 0 Å². The van der Waals surface area contributed by atoms with Crippen molar-refractivity contribution < 1.29 is 9.53 Å². The highest BCUT2D eigenvalue weighted by Gasteiger charge is 1.95. The summed E-state index contributed by atoms with van der Waals surface area (Å²) >= 11 is 0. The molecular formula is C32H49NO2. The highest BCUT2D eigenvalue weighted by atomic mass is 16.5. The molecular weight excluding hydrogens is 430 g/mol. The van der Waals surface area contributed by atoms with Crippen molar-refractivity contribution in [1.29, 1.82) is 0 Å². The van der Waals surface area contributed by atoms with E-state index < -0.39 is 0 Å². The molecule has 2 aromatic rings. The van der Waals surface area contributed by atoms with Crippen LogP contribution in [0, 0.1) is 0 Å². The van der Waals surface area contributed by atoms with Gasteiger partial charge in [0.25, 0.3) is 0 Å². The normalized spacial score (nSPS) is 10.8. The molecule has 0 aliphatic carbocycles. The molecule has 0 saturated heterocycles. The lowest BCUT2D eigenvalue weighted by Crippen LogP contribution is -2.09. The molecule has 0 fully saturated rings. The summed E-state index contributed by atoms with van der Waals surface area (Å²) in [5.41, 5.74) is 7.53. The predicted molar refractivity (Wildman–Crippen MR) is 150 cm³/mol. The fourth-order valence-electron chi connectivity index (χ4n) is 3.81. The van der Waals surface area contributed by atoms with E-state index in [1.54, 1.807) is 0 Å². The van der Waals surface area contributed by atoms with Gasteiger partial charge in [-0.2, -0.15) is 0 Å². The minimum absolute atomic E-state index is 0.164. The smallest absolute Gasteiger partial charge is 0.217 e. The molecule has 0 spiro atoms. The summed E-state index contributed by atoms with van der Waals surface area (Å²) < 4.78 is 5.61. The van der Waals surface area contributed by atoms with Crippen molar-refractivity contribution >= 4 is 5.91 Å². The monoisotopic (exact) mass is 479 g/mol. The van der Waals surface area contributed by atoms with Crippen molar-refractivity contribution in [1.82, 2.24) is 0 Å². The molecule has 0 heterocycles. The molecule has 0 aliphatic heterocycles. The zero-order chi connectivity index (χ0) is 25.2. The summed E-state index contributed by atoms with van der Waals surface area (Å²) in [7, 11) is 0. The van der Waals surface area contributed by atoms with Crippen LogP contribution in [0.5, 0.6) is 0 Å². The number of rotatable bonds is 19. The second-order valence-electron chi connectivity index (χ2n) is 9.26. The molecule has 0 saturated carbocycles. The Hall–Kier alpha value is -2.39. The van der Waals surface area contributed by atoms with Gasteiger partial charge in [0.1, 0.15) is 0 Å². The van der Waals surface area contributed by atoms with Gasteiger partial charge in [-0.05, 0) is 43.2 Å². The highest BCUT2D eigenvalue weighted by Crippen LogP contribution is 2.10. The molecule has 2 N–H and O–H groups in total. The van der Waals surface area contributed by atoms with E-state index in [1.807, 2.05) is 36.4 Å². The van der Waals surface area contributed by atoms with Gasteiger partial charge in [0, 0.05) is 6.42 Å². The van der Waals surface area contributed by atoms with E-state index in [9.17, 15) is 4.79 Å². The van der Waals surface area contributed by atoms with Crippen LogP contribution in [0.3, 0.4) is 0 Å². The Bertz CT molecular complexity index is 703. The average molecular weight is 480 g/mol. The average Bonchev–Trinajstić information content (AvgIpc) is 2.88. The number of nitrogens with two attached hydrogens (primary N) is 1. The topological polar surface area (TPSA) is 52.3 Å². The molecule has 0 aromatic heterocycles. The number of ether oxygens (including phenoxy) is 1. The maximum Gasteiger partial charge on any atom is 0.217 e. The Balaban J connectivity index is 0.000000362. The minimum Gasteiger partial charge on any atom is -0.372 e. The third-order valence-corrected chi connectivity index (χ3v) is 5.91. The quantitative estimate of drug-likeness (QED) is 0.161. The Morgan fingerprint density at radius 2 is 1.09 bits per heavy atom. The zero-order valence-electron chi connectivity index (χ0n) is 22.1. The van der Waals surface area contributed by atoms with Crippen LogP contribution in [0.2, 0.25) is 0 Å². The fourth-order valence-corrected chi connectivity index (χ4v) is 3.81. The van der Waals surface area contributed by atoms with Crippen molar-refractivity contribution in [2.45, 2.75) is 110 Å². The summed E-state index contributed by atoms with van der Waals surface area (Å²) in [6, 6.07) is 20.4. The number of benzene rings is 2. The molecule has 3 heteroatoms. The second-order valence-corrected chi connectivity index (χ2v) is 9.26. The van der Waals surface area contributed by atoms with Crippen molar-refractivity contribution in [3.05, 3.63) is 83.9 Å². The van der Waals surface area contributed by atoms with Crippen molar-refractivity contribution in [2.24, 2.45) is 5.73 Å². The minimum atomic E-state index is -0.164. The Morgan fingerprint density at radius 1 is 0.657 bits per heavy atom. The number of primary amides is 1. The van der Waals surface area contributed by atoms with E-state index in [0.29, 0.717) is 19.6 Å². The highest BCUT2D eigenvalue weighted by molar-refractivity contribution is 5.73. The van der Waals surface area contributed by atoms with Gasteiger partial charge < -0.3 is 10.5 Å². The van der Waals surface area contributed by atoms with Crippen LogP contribution in [-0.4, -0.2) is 5.91 Å². The Labute approximate surface area is 215 Å². The summed E-state index contributed by atoms with van der Waals surface area (Å²) in [5.74, 6) is -0.164. The van der Waals surface area contributed by atoms with Crippen LogP contribution in [0.4, 0.5) is 0 Å². The van der Waals surface area contributed by atoms with Crippen LogP contribution >= 0.6 is 0 Å². The Kier molecular flexibility index (Phi) is 20.4. The molecule has 1 amide bonds. The molecule has 194 valence electrons. The summed E-state index contributed by atoms with van der Waals surface area (Å²) in [5, 5.41) is 0. The van der Waals surface area contributed by atoms with E-state index in [2.05, 4.69) is 43.3 Å². The molecule has 0 aliphatic rings. The standard InChI is InChI=1S/C18H35NO.C14H14O/c1-2-3-4-5-6-7-8-9-10-11-12-13-14-15-16-17-18(19)20;1-3-7-13(8-4-1)11-15-12-14-9-5-2-6-10-14/h9-10H,2-8,11-17H2,1H3,(H2,19,20);1-10H,11-12H2/b10-9-;. The molecule has 0 unspecified atom stereocenters. The van der Waals surface area contributed by atoms with Crippen LogP contribution in [0.25, 0.3) is 0 Å².